The lowest BCUT2D eigenvalue weighted by Crippen LogP contribution is -2.26. The molecule has 7 heteroatoms. The topological polar surface area (TPSA) is 51.0 Å². The molecule has 5 nitrogen and oxygen atoms in total. The molecule has 0 aliphatic rings. The maximum atomic E-state index is 12.6. The number of hydrogen-bond acceptors (Lipinski definition) is 5. The Labute approximate surface area is 159 Å². The average Bonchev–Trinajstić information content (AvgIpc) is 3.06. The van der Waals surface area contributed by atoms with E-state index in [2.05, 4.69) is 10.1 Å². The largest absolute Gasteiger partial charge is 0.365 e. The number of nitrogens with zero attached hydrogens (tertiary/aromatic N) is 4. The van der Waals surface area contributed by atoms with E-state index in [9.17, 15) is 4.79 Å². The van der Waals surface area contributed by atoms with Gasteiger partial charge in [0.2, 0.25) is 0 Å². The molecule has 2 heterocycles. The van der Waals surface area contributed by atoms with E-state index in [1.165, 1.54) is 4.68 Å². The van der Waals surface area contributed by atoms with E-state index in [0.717, 1.165) is 15.2 Å². The molecule has 0 bridgehead atoms. The predicted octanol–water partition coefficient (Wildman–Crippen LogP) is 4.13. The van der Waals surface area contributed by atoms with Crippen LogP contribution in [-0.2, 0) is 6.54 Å². The molecule has 0 spiro atoms. The van der Waals surface area contributed by atoms with Gasteiger partial charge in [-0.2, -0.15) is 9.78 Å². The van der Waals surface area contributed by atoms with Gasteiger partial charge in [-0.3, -0.25) is 4.79 Å². The van der Waals surface area contributed by atoms with Crippen molar-refractivity contribution in [2.45, 2.75) is 6.54 Å². The minimum absolute atomic E-state index is 0.146. The molecule has 0 radical (unpaired) electrons. The zero-order valence-electron chi connectivity index (χ0n) is 14.0. The van der Waals surface area contributed by atoms with E-state index < -0.39 is 0 Å². The van der Waals surface area contributed by atoms with Crippen molar-refractivity contribution in [3.63, 3.8) is 0 Å². The van der Waals surface area contributed by atoms with Crippen molar-refractivity contribution < 1.29 is 0 Å². The average molecular weight is 383 g/mol. The van der Waals surface area contributed by atoms with Crippen molar-refractivity contribution >= 4 is 38.8 Å². The summed E-state index contributed by atoms with van der Waals surface area (Å²) in [5, 5.41) is 5.38. The first-order chi connectivity index (χ1) is 12.6. The van der Waals surface area contributed by atoms with Crippen LogP contribution in [0.3, 0.4) is 0 Å². The van der Waals surface area contributed by atoms with Gasteiger partial charge in [-0.25, -0.2) is 4.98 Å². The van der Waals surface area contributed by atoms with Crippen molar-refractivity contribution in [3.05, 3.63) is 81.2 Å². The Morgan fingerprint density at radius 1 is 1.12 bits per heavy atom. The van der Waals surface area contributed by atoms with Crippen molar-refractivity contribution in [2.24, 2.45) is 0 Å². The van der Waals surface area contributed by atoms with E-state index >= 15 is 0 Å². The van der Waals surface area contributed by atoms with Gasteiger partial charge in [0.15, 0.2) is 0 Å². The maximum absolute atomic E-state index is 12.6. The fourth-order valence-electron chi connectivity index (χ4n) is 2.72. The van der Waals surface area contributed by atoms with Crippen LogP contribution in [0.2, 0.25) is 5.02 Å². The van der Waals surface area contributed by atoms with Crippen molar-refractivity contribution in [3.8, 4) is 5.69 Å². The summed E-state index contributed by atoms with van der Waals surface area (Å²) in [5.74, 6) is 0. The van der Waals surface area contributed by atoms with Gasteiger partial charge in [0.25, 0.3) is 5.56 Å². The lowest BCUT2D eigenvalue weighted by Gasteiger charge is -2.19. The molecular weight excluding hydrogens is 368 g/mol. The number of benzene rings is 2. The number of hydrogen-bond donors (Lipinski definition) is 0. The molecule has 0 N–H and O–H groups in total. The van der Waals surface area contributed by atoms with Crippen LogP contribution in [0.15, 0.2) is 65.6 Å². The number of thiazole rings is 1. The normalized spacial score (nSPS) is 11.0. The highest BCUT2D eigenvalue weighted by Crippen LogP contribution is 2.26. The third-order valence-corrected chi connectivity index (χ3v) is 5.40. The fourth-order valence-corrected chi connectivity index (χ4v) is 4.01. The van der Waals surface area contributed by atoms with Gasteiger partial charge in [-0.05, 0) is 24.3 Å². The summed E-state index contributed by atoms with van der Waals surface area (Å²) in [5.41, 5.74) is 1.90. The van der Waals surface area contributed by atoms with Crippen LogP contribution in [0, 0.1) is 0 Å². The SMILES string of the molecule is CN(Cc1nc2ccccc2s1)c1cnn(-c2ccccc2)c(=O)c1Cl. The smallest absolute Gasteiger partial charge is 0.292 e. The number of para-hydroxylation sites is 2. The van der Waals surface area contributed by atoms with Gasteiger partial charge in [0, 0.05) is 7.05 Å². The Morgan fingerprint density at radius 2 is 1.85 bits per heavy atom. The summed E-state index contributed by atoms with van der Waals surface area (Å²) < 4.78 is 2.44. The summed E-state index contributed by atoms with van der Waals surface area (Å²) in [7, 11) is 1.88. The molecular formula is C19H15ClN4OS. The molecule has 0 saturated heterocycles. The van der Waals surface area contributed by atoms with Crippen LogP contribution in [-0.4, -0.2) is 21.8 Å². The lowest BCUT2D eigenvalue weighted by atomic mass is 10.3. The molecule has 0 atom stereocenters. The molecule has 0 amide bonds. The third-order valence-electron chi connectivity index (χ3n) is 4.02. The van der Waals surface area contributed by atoms with E-state index in [4.69, 9.17) is 11.6 Å². The molecule has 0 aliphatic carbocycles. The quantitative estimate of drug-likeness (QED) is 0.532. The zero-order chi connectivity index (χ0) is 18.1. The number of aromatic nitrogens is 3. The second kappa shape index (κ2) is 6.90. The van der Waals surface area contributed by atoms with E-state index in [0.29, 0.717) is 17.9 Å². The monoisotopic (exact) mass is 382 g/mol. The second-order valence-corrected chi connectivity index (χ2v) is 7.32. The first kappa shape index (κ1) is 16.8. The Hall–Kier alpha value is -2.70. The minimum atomic E-state index is -0.341. The van der Waals surface area contributed by atoms with Crippen molar-refractivity contribution in [2.75, 3.05) is 11.9 Å². The fraction of sp³-hybridized carbons (Fsp3) is 0.105. The molecule has 0 fully saturated rings. The molecule has 2 aromatic heterocycles. The summed E-state index contributed by atoms with van der Waals surface area (Å²) in [4.78, 5) is 19.1. The molecule has 4 aromatic rings. The van der Waals surface area contributed by atoms with Gasteiger partial charge >= 0.3 is 0 Å². The Bertz CT molecular complexity index is 1090. The minimum Gasteiger partial charge on any atom is -0.365 e. The number of halogens is 1. The molecule has 0 aliphatic heterocycles. The van der Waals surface area contributed by atoms with Crippen LogP contribution in [0.4, 0.5) is 5.69 Å². The van der Waals surface area contributed by atoms with E-state index in [1.807, 2.05) is 66.5 Å². The number of fused-ring (bicyclic) bond motifs is 1. The number of anilines is 1. The Kier molecular flexibility index (Phi) is 4.44. The van der Waals surface area contributed by atoms with Gasteiger partial charge in [-0.1, -0.05) is 41.9 Å². The first-order valence-electron chi connectivity index (χ1n) is 8.02. The summed E-state index contributed by atoms with van der Waals surface area (Å²) >= 11 is 7.99. The predicted molar refractivity (Wildman–Crippen MR) is 107 cm³/mol. The van der Waals surface area contributed by atoms with E-state index in [1.54, 1.807) is 17.5 Å². The second-order valence-electron chi connectivity index (χ2n) is 5.83. The van der Waals surface area contributed by atoms with Crippen molar-refractivity contribution in [1.29, 1.82) is 0 Å². The molecule has 26 heavy (non-hydrogen) atoms. The van der Waals surface area contributed by atoms with Crippen LogP contribution >= 0.6 is 22.9 Å². The third kappa shape index (κ3) is 3.09. The zero-order valence-corrected chi connectivity index (χ0v) is 15.5. The Balaban J connectivity index is 1.65. The Morgan fingerprint density at radius 3 is 2.62 bits per heavy atom. The molecule has 0 unspecified atom stereocenters. The molecule has 4 rings (SSSR count). The van der Waals surface area contributed by atoms with Gasteiger partial charge in [0.1, 0.15) is 10.0 Å². The van der Waals surface area contributed by atoms with Gasteiger partial charge < -0.3 is 4.90 Å². The van der Waals surface area contributed by atoms with Crippen LogP contribution in [0.25, 0.3) is 15.9 Å². The highest BCUT2D eigenvalue weighted by atomic mass is 35.5. The summed E-state index contributed by atoms with van der Waals surface area (Å²) in [6.45, 7) is 0.551. The highest BCUT2D eigenvalue weighted by Gasteiger charge is 2.15. The highest BCUT2D eigenvalue weighted by molar-refractivity contribution is 7.18. The van der Waals surface area contributed by atoms with Gasteiger partial charge in [0.05, 0.1) is 34.3 Å². The van der Waals surface area contributed by atoms with Crippen LogP contribution in [0.5, 0.6) is 0 Å². The van der Waals surface area contributed by atoms with Crippen LogP contribution < -0.4 is 10.5 Å². The van der Waals surface area contributed by atoms with E-state index in [-0.39, 0.29) is 10.6 Å². The summed E-state index contributed by atoms with van der Waals surface area (Å²) in [6.07, 6.45) is 1.62. The van der Waals surface area contributed by atoms with Gasteiger partial charge in [-0.15, -0.1) is 11.3 Å². The lowest BCUT2D eigenvalue weighted by molar-refractivity contribution is 0.794. The molecule has 130 valence electrons. The molecule has 0 saturated carbocycles. The standard InChI is InChI=1S/C19H15ClN4OS/c1-23(12-17-22-14-9-5-6-10-16(14)26-17)15-11-21-24(19(25)18(15)20)13-7-3-2-4-8-13/h2-11H,12H2,1H3. The summed E-state index contributed by atoms with van der Waals surface area (Å²) in [6, 6.07) is 17.2. The van der Waals surface area contributed by atoms with Crippen molar-refractivity contribution in [1.82, 2.24) is 14.8 Å². The van der Waals surface area contributed by atoms with Crippen LogP contribution in [0.1, 0.15) is 5.01 Å². The first-order valence-corrected chi connectivity index (χ1v) is 9.22. The molecule has 2 aromatic carbocycles. The number of rotatable bonds is 4. The maximum Gasteiger partial charge on any atom is 0.292 e.